The molecule has 3 N–H and O–H groups in total. The zero-order chi connectivity index (χ0) is 17.9. The van der Waals surface area contributed by atoms with Crippen molar-refractivity contribution in [1.29, 1.82) is 0 Å². The van der Waals surface area contributed by atoms with Crippen molar-refractivity contribution in [2.75, 3.05) is 7.11 Å². The summed E-state index contributed by atoms with van der Waals surface area (Å²) in [7, 11) is -2.26. The third-order valence-electron chi connectivity index (χ3n) is 3.47. The van der Waals surface area contributed by atoms with Gasteiger partial charge in [0.2, 0.25) is 15.9 Å². The van der Waals surface area contributed by atoms with Gasteiger partial charge in [-0.25, -0.2) is 13.6 Å². The first kappa shape index (κ1) is 18.0. The molecule has 0 saturated heterocycles. The molecule has 0 saturated carbocycles. The Labute approximate surface area is 140 Å². The number of rotatable bonds is 6. The van der Waals surface area contributed by atoms with E-state index < -0.39 is 10.0 Å². The van der Waals surface area contributed by atoms with Crippen LogP contribution in [0.15, 0.2) is 35.5 Å². The van der Waals surface area contributed by atoms with Gasteiger partial charge in [-0.2, -0.15) is 5.10 Å². The van der Waals surface area contributed by atoms with Crippen molar-refractivity contribution in [3.05, 3.63) is 41.7 Å². The molecule has 1 aromatic heterocycles. The molecular weight excluding hydrogens is 332 g/mol. The summed E-state index contributed by atoms with van der Waals surface area (Å²) >= 11 is 0. The van der Waals surface area contributed by atoms with E-state index >= 15 is 0 Å². The Hall–Kier alpha value is -2.39. The minimum absolute atomic E-state index is 0.117. The van der Waals surface area contributed by atoms with Crippen molar-refractivity contribution in [3.8, 4) is 5.75 Å². The van der Waals surface area contributed by atoms with Gasteiger partial charge in [-0.1, -0.05) is 17.7 Å². The number of sulfonamides is 1. The zero-order valence-corrected chi connectivity index (χ0v) is 14.5. The van der Waals surface area contributed by atoms with E-state index in [0.717, 1.165) is 17.3 Å². The predicted molar refractivity (Wildman–Crippen MR) is 87.9 cm³/mol. The second-order valence-corrected chi connectivity index (χ2v) is 7.01. The molecule has 0 aliphatic heterocycles. The number of aromatic nitrogens is 2. The molecule has 0 bridgehead atoms. The van der Waals surface area contributed by atoms with E-state index in [9.17, 15) is 13.2 Å². The number of carbonyl (C=O) groups excluding carboxylic acids is 1. The largest absolute Gasteiger partial charge is 0.496 e. The standard InChI is InChI=1S/C15H20N4O4S/c1-10-4-5-14(23-3)13(6-10)11(2)18-15(20)9-19-8-12(7-17-19)24(16,21)22/h4-8,11H,9H2,1-3H3,(H,18,20)(H2,16,21,22). The van der Waals surface area contributed by atoms with Crippen LogP contribution in [0.5, 0.6) is 5.75 Å². The van der Waals surface area contributed by atoms with Crippen molar-refractivity contribution in [1.82, 2.24) is 15.1 Å². The fraction of sp³-hybridized carbons (Fsp3) is 0.333. The molecule has 0 aliphatic rings. The highest BCUT2D eigenvalue weighted by Crippen LogP contribution is 2.26. The number of methoxy groups -OCH3 is 1. The molecule has 1 aromatic carbocycles. The van der Waals surface area contributed by atoms with Crippen LogP contribution in [-0.2, 0) is 21.4 Å². The molecule has 130 valence electrons. The fourth-order valence-corrected chi connectivity index (χ4v) is 2.74. The lowest BCUT2D eigenvalue weighted by atomic mass is 10.0. The molecule has 1 unspecified atom stereocenters. The van der Waals surface area contributed by atoms with Crippen molar-refractivity contribution >= 4 is 15.9 Å². The molecule has 8 nitrogen and oxygen atoms in total. The van der Waals surface area contributed by atoms with Crippen LogP contribution in [0.2, 0.25) is 0 Å². The minimum atomic E-state index is -3.83. The lowest BCUT2D eigenvalue weighted by Crippen LogP contribution is -2.30. The van der Waals surface area contributed by atoms with Crippen molar-refractivity contribution < 1.29 is 17.9 Å². The number of benzene rings is 1. The van der Waals surface area contributed by atoms with Gasteiger partial charge >= 0.3 is 0 Å². The Kier molecular flexibility index (Phi) is 5.25. The number of hydrogen-bond donors (Lipinski definition) is 2. The van der Waals surface area contributed by atoms with Gasteiger partial charge < -0.3 is 10.1 Å². The summed E-state index contributed by atoms with van der Waals surface area (Å²) in [5.74, 6) is 0.374. The number of nitrogens with zero attached hydrogens (tertiary/aromatic N) is 2. The molecule has 0 aliphatic carbocycles. The van der Waals surface area contributed by atoms with Crippen LogP contribution in [0.4, 0.5) is 0 Å². The number of primary sulfonamides is 1. The van der Waals surface area contributed by atoms with Crippen molar-refractivity contribution in [3.63, 3.8) is 0 Å². The Morgan fingerprint density at radius 2 is 2.17 bits per heavy atom. The molecular formula is C15H20N4O4S. The van der Waals surface area contributed by atoms with Crippen LogP contribution in [0.25, 0.3) is 0 Å². The molecule has 0 spiro atoms. The van der Waals surface area contributed by atoms with E-state index in [4.69, 9.17) is 9.88 Å². The molecule has 1 amide bonds. The smallest absolute Gasteiger partial charge is 0.242 e. The number of nitrogens with one attached hydrogen (secondary N) is 1. The van der Waals surface area contributed by atoms with Gasteiger partial charge in [0.25, 0.3) is 0 Å². The van der Waals surface area contributed by atoms with Crippen LogP contribution >= 0.6 is 0 Å². The Balaban J connectivity index is 2.07. The van der Waals surface area contributed by atoms with Gasteiger partial charge in [-0.3, -0.25) is 9.48 Å². The van der Waals surface area contributed by atoms with Crippen LogP contribution in [0.1, 0.15) is 24.1 Å². The number of carbonyl (C=O) groups is 1. The summed E-state index contributed by atoms with van der Waals surface area (Å²) in [6.07, 6.45) is 2.32. The van der Waals surface area contributed by atoms with Gasteiger partial charge in [0.15, 0.2) is 0 Å². The van der Waals surface area contributed by atoms with Crippen LogP contribution in [0, 0.1) is 6.92 Å². The molecule has 0 fully saturated rings. The summed E-state index contributed by atoms with van der Waals surface area (Å²) in [6, 6.07) is 5.44. The maximum absolute atomic E-state index is 12.1. The molecule has 2 aromatic rings. The zero-order valence-electron chi connectivity index (χ0n) is 13.7. The van der Waals surface area contributed by atoms with Crippen LogP contribution in [-0.4, -0.2) is 31.2 Å². The highest BCUT2D eigenvalue weighted by molar-refractivity contribution is 7.89. The van der Waals surface area contributed by atoms with Crippen LogP contribution < -0.4 is 15.2 Å². The Morgan fingerprint density at radius 1 is 1.46 bits per heavy atom. The highest BCUT2D eigenvalue weighted by atomic mass is 32.2. The van der Waals surface area contributed by atoms with Crippen molar-refractivity contribution in [2.24, 2.45) is 5.14 Å². The van der Waals surface area contributed by atoms with E-state index in [1.54, 1.807) is 7.11 Å². The summed E-state index contributed by atoms with van der Waals surface area (Å²) in [4.78, 5) is 12.0. The van der Waals surface area contributed by atoms with E-state index in [-0.39, 0.29) is 23.4 Å². The topological polar surface area (TPSA) is 116 Å². The second kappa shape index (κ2) is 7.02. The van der Waals surface area contributed by atoms with Gasteiger partial charge in [0.1, 0.15) is 17.2 Å². The predicted octanol–water partition coefficient (Wildman–Crippen LogP) is 0.725. The normalized spacial score (nSPS) is 12.7. The van der Waals surface area contributed by atoms with E-state index in [2.05, 4.69) is 10.4 Å². The van der Waals surface area contributed by atoms with E-state index in [0.29, 0.717) is 5.75 Å². The van der Waals surface area contributed by atoms with Gasteiger partial charge in [-0.15, -0.1) is 0 Å². The third kappa shape index (κ3) is 4.33. The number of ether oxygens (including phenoxy) is 1. The maximum atomic E-state index is 12.1. The minimum Gasteiger partial charge on any atom is -0.496 e. The SMILES string of the molecule is COc1ccc(C)cc1C(C)NC(=O)Cn1cc(S(N)(=O)=O)cn1. The fourth-order valence-electron chi connectivity index (χ4n) is 2.28. The van der Waals surface area contributed by atoms with Gasteiger partial charge in [0.05, 0.1) is 19.3 Å². The first-order valence-electron chi connectivity index (χ1n) is 7.20. The van der Waals surface area contributed by atoms with Crippen LogP contribution in [0.3, 0.4) is 0 Å². The third-order valence-corrected chi connectivity index (χ3v) is 4.34. The molecule has 1 heterocycles. The highest BCUT2D eigenvalue weighted by Gasteiger charge is 2.16. The molecule has 1 atom stereocenters. The van der Waals surface area contributed by atoms with E-state index in [1.807, 2.05) is 32.0 Å². The number of hydrogen-bond acceptors (Lipinski definition) is 5. The summed E-state index contributed by atoms with van der Waals surface area (Å²) in [5, 5.41) is 11.7. The van der Waals surface area contributed by atoms with E-state index in [1.165, 1.54) is 10.9 Å². The number of aryl methyl sites for hydroxylation is 1. The Morgan fingerprint density at radius 3 is 2.75 bits per heavy atom. The van der Waals surface area contributed by atoms with Crippen molar-refractivity contribution in [2.45, 2.75) is 31.3 Å². The average Bonchev–Trinajstić information content (AvgIpc) is 2.95. The van der Waals surface area contributed by atoms with Gasteiger partial charge in [0, 0.05) is 11.8 Å². The number of amides is 1. The molecule has 2 rings (SSSR count). The lowest BCUT2D eigenvalue weighted by molar-refractivity contribution is -0.122. The second-order valence-electron chi connectivity index (χ2n) is 5.45. The monoisotopic (exact) mass is 352 g/mol. The maximum Gasteiger partial charge on any atom is 0.242 e. The summed E-state index contributed by atoms with van der Waals surface area (Å²) in [5.41, 5.74) is 1.91. The van der Waals surface area contributed by atoms with Gasteiger partial charge in [-0.05, 0) is 19.9 Å². The molecule has 0 radical (unpaired) electrons. The molecule has 24 heavy (non-hydrogen) atoms. The number of nitrogens with two attached hydrogens (primary N) is 1. The molecule has 9 heteroatoms. The lowest BCUT2D eigenvalue weighted by Gasteiger charge is -2.18. The summed E-state index contributed by atoms with van der Waals surface area (Å²) in [6.45, 7) is 3.68. The Bertz CT molecular complexity index is 845. The first-order chi connectivity index (χ1) is 11.2. The first-order valence-corrected chi connectivity index (χ1v) is 8.74. The average molecular weight is 352 g/mol. The quantitative estimate of drug-likeness (QED) is 0.795. The summed E-state index contributed by atoms with van der Waals surface area (Å²) < 4.78 is 28.9.